The Kier molecular flexibility index (Phi) is 7.69. The van der Waals surface area contributed by atoms with Crippen molar-refractivity contribution in [1.82, 2.24) is 9.80 Å². The molecule has 0 unspecified atom stereocenters. The van der Waals surface area contributed by atoms with Gasteiger partial charge in [-0.3, -0.25) is 9.59 Å². The zero-order valence-electron chi connectivity index (χ0n) is 17.6. The van der Waals surface area contributed by atoms with Crippen LogP contribution in [0.4, 0.5) is 5.69 Å². The molecule has 5 nitrogen and oxygen atoms in total. The summed E-state index contributed by atoms with van der Waals surface area (Å²) in [6.45, 7) is 14.7. The summed E-state index contributed by atoms with van der Waals surface area (Å²) in [4.78, 5) is 30.5. The van der Waals surface area contributed by atoms with Crippen molar-refractivity contribution in [2.75, 3.05) is 44.2 Å². The molecule has 0 radical (unpaired) electrons. The van der Waals surface area contributed by atoms with Gasteiger partial charge in [0, 0.05) is 58.3 Å². The van der Waals surface area contributed by atoms with E-state index in [0.717, 1.165) is 39.1 Å². The molecule has 5 heteroatoms. The summed E-state index contributed by atoms with van der Waals surface area (Å²) in [5.74, 6) is 0.773. The Balaban J connectivity index is 1.83. The second-order valence-corrected chi connectivity index (χ2v) is 8.03. The molecule has 0 saturated carbocycles. The van der Waals surface area contributed by atoms with E-state index in [2.05, 4.69) is 50.8 Å². The molecule has 27 heavy (non-hydrogen) atoms. The normalized spacial score (nSPS) is 14.6. The van der Waals surface area contributed by atoms with E-state index in [1.807, 2.05) is 9.80 Å². The van der Waals surface area contributed by atoms with Crippen LogP contribution in [0, 0.1) is 19.8 Å². The first kappa shape index (κ1) is 21.3. The Labute approximate surface area is 164 Å². The summed E-state index contributed by atoms with van der Waals surface area (Å²) in [6.07, 6.45) is 1.39. The van der Waals surface area contributed by atoms with Gasteiger partial charge in [0.1, 0.15) is 0 Å². The number of rotatable bonds is 7. The van der Waals surface area contributed by atoms with Gasteiger partial charge in [-0.2, -0.15) is 0 Å². The summed E-state index contributed by atoms with van der Waals surface area (Å²) in [7, 11) is 0. The Morgan fingerprint density at radius 3 is 2.33 bits per heavy atom. The topological polar surface area (TPSA) is 43.9 Å². The Bertz CT molecular complexity index is 649. The summed E-state index contributed by atoms with van der Waals surface area (Å²) < 4.78 is 0. The van der Waals surface area contributed by atoms with Crippen LogP contribution in [0.2, 0.25) is 0 Å². The molecule has 1 heterocycles. The molecule has 150 valence electrons. The lowest BCUT2D eigenvalue weighted by Crippen LogP contribution is -2.49. The molecule has 0 bridgehead atoms. The smallest absolute Gasteiger partial charge is 0.224 e. The van der Waals surface area contributed by atoms with E-state index in [0.29, 0.717) is 18.9 Å². The molecule has 1 aliphatic heterocycles. The molecule has 2 rings (SSSR count). The molecule has 1 fully saturated rings. The van der Waals surface area contributed by atoms with Gasteiger partial charge in [-0.05, 0) is 43.4 Å². The van der Waals surface area contributed by atoms with Crippen LogP contribution in [-0.2, 0) is 9.59 Å². The van der Waals surface area contributed by atoms with Gasteiger partial charge < -0.3 is 14.7 Å². The second-order valence-electron chi connectivity index (χ2n) is 8.03. The maximum atomic E-state index is 12.6. The summed E-state index contributed by atoms with van der Waals surface area (Å²) in [5.41, 5.74) is 3.90. The molecule has 1 aromatic carbocycles. The zero-order valence-corrected chi connectivity index (χ0v) is 17.6. The van der Waals surface area contributed by atoms with Crippen molar-refractivity contribution in [3.8, 4) is 0 Å². The van der Waals surface area contributed by atoms with E-state index in [9.17, 15) is 9.59 Å². The molecule has 0 N–H and O–H groups in total. The van der Waals surface area contributed by atoms with Gasteiger partial charge in [0.2, 0.25) is 11.8 Å². The molecule has 0 spiro atoms. The number of carbonyl (C=O) groups excluding carboxylic acids is 2. The van der Waals surface area contributed by atoms with E-state index in [1.165, 1.54) is 16.8 Å². The second kappa shape index (κ2) is 9.77. The molecule has 0 aromatic heterocycles. The van der Waals surface area contributed by atoms with Gasteiger partial charge >= 0.3 is 0 Å². The van der Waals surface area contributed by atoms with Crippen molar-refractivity contribution >= 4 is 17.5 Å². The first-order chi connectivity index (χ1) is 12.8. The van der Waals surface area contributed by atoms with Crippen molar-refractivity contribution in [1.29, 1.82) is 0 Å². The summed E-state index contributed by atoms with van der Waals surface area (Å²) in [6, 6.07) is 6.40. The van der Waals surface area contributed by atoms with Crippen molar-refractivity contribution < 1.29 is 9.59 Å². The average molecular weight is 374 g/mol. The molecule has 0 aliphatic carbocycles. The summed E-state index contributed by atoms with van der Waals surface area (Å²) in [5, 5.41) is 0. The number of hydrogen-bond donors (Lipinski definition) is 0. The predicted molar refractivity (Wildman–Crippen MR) is 111 cm³/mol. The molecule has 0 atom stereocenters. The monoisotopic (exact) mass is 373 g/mol. The third kappa shape index (κ3) is 5.98. The Morgan fingerprint density at radius 1 is 1.07 bits per heavy atom. The fraction of sp³-hybridized carbons (Fsp3) is 0.636. The van der Waals surface area contributed by atoms with Gasteiger partial charge in [0.25, 0.3) is 0 Å². The molecule has 1 saturated heterocycles. The van der Waals surface area contributed by atoms with Gasteiger partial charge in [0.15, 0.2) is 0 Å². The van der Waals surface area contributed by atoms with Crippen molar-refractivity contribution in [2.45, 2.75) is 47.5 Å². The number of amides is 2. The van der Waals surface area contributed by atoms with Crippen LogP contribution in [0.5, 0.6) is 0 Å². The Morgan fingerprint density at radius 2 is 1.74 bits per heavy atom. The number of carbonyl (C=O) groups is 2. The maximum Gasteiger partial charge on any atom is 0.224 e. The molecular formula is C22H35N3O2. The SMILES string of the molecule is CC(=O)N(CCC(=O)N1CCN(c2cccc(C)c2C)CC1)CCC(C)C. The number of anilines is 1. The maximum absolute atomic E-state index is 12.6. The van der Waals surface area contributed by atoms with E-state index in [4.69, 9.17) is 0 Å². The lowest BCUT2D eigenvalue weighted by atomic mass is 10.1. The fourth-order valence-corrected chi connectivity index (χ4v) is 3.50. The first-order valence-electron chi connectivity index (χ1n) is 10.1. The van der Waals surface area contributed by atoms with Crippen molar-refractivity contribution in [3.05, 3.63) is 29.3 Å². The number of piperazine rings is 1. The third-order valence-electron chi connectivity index (χ3n) is 5.57. The van der Waals surface area contributed by atoms with Crippen LogP contribution in [-0.4, -0.2) is 60.9 Å². The highest BCUT2D eigenvalue weighted by Crippen LogP contribution is 2.24. The van der Waals surface area contributed by atoms with Crippen molar-refractivity contribution in [3.63, 3.8) is 0 Å². The fourth-order valence-electron chi connectivity index (χ4n) is 3.50. The quantitative estimate of drug-likeness (QED) is 0.737. The molecule has 1 aliphatic rings. The standard InChI is InChI=1S/C22H35N3O2/c1-17(2)9-11-23(20(5)26)12-10-22(27)25-15-13-24(14-16-25)21-8-6-7-18(3)19(21)4/h6-8,17H,9-16H2,1-5H3. The Hall–Kier alpha value is -2.04. The zero-order chi connectivity index (χ0) is 20.0. The minimum atomic E-state index is 0.0585. The molecule has 2 amide bonds. The minimum absolute atomic E-state index is 0.0585. The number of aryl methyl sites for hydroxylation is 1. The van der Waals surface area contributed by atoms with Crippen LogP contribution >= 0.6 is 0 Å². The number of hydrogen-bond acceptors (Lipinski definition) is 3. The van der Waals surface area contributed by atoms with E-state index >= 15 is 0 Å². The van der Waals surface area contributed by atoms with Crippen LogP contribution in [0.1, 0.15) is 44.7 Å². The third-order valence-corrected chi connectivity index (χ3v) is 5.57. The average Bonchev–Trinajstić information content (AvgIpc) is 2.63. The highest BCUT2D eigenvalue weighted by atomic mass is 16.2. The lowest BCUT2D eigenvalue weighted by molar-refractivity contribution is -0.133. The minimum Gasteiger partial charge on any atom is -0.368 e. The first-order valence-corrected chi connectivity index (χ1v) is 10.1. The highest BCUT2D eigenvalue weighted by molar-refractivity contribution is 5.78. The van der Waals surface area contributed by atoms with Gasteiger partial charge in [0.05, 0.1) is 0 Å². The molecule has 1 aromatic rings. The van der Waals surface area contributed by atoms with E-state index in [1.54, 1.807) is 6.92 Å². The van der Waals surface area contributed by atoms with Crippen LogP contribution in [0.25, 0.3) is 0 Å². The van der Waals surface area contributed by atoms with E-state index in [-0.39, 0.29) is 11.8 Å². The molecular weight excluding hydrogens is 338 g/mol. The number of benzene rings is 1. The lowest BCUT2D eigenvalue weighted by Gasteiger charge is -2.37. The van der Waals surface area contributed by atoms with Gasteiger partial charge in [-0.15, -0.1) is 0 Å². The number of nitrogens with zero attached hydrogens (tertiary/aromatic N) is 3. The highest BCUT2D eigenvalue weighted by Gasteiger charge is 2.23. The van der Waals surface area contributed by atoms with Crippen LogP contribution < -0.4 is 4.90 Å². The largest absolute Gasteiger partial charge is 0.368 e. The predicted octanol–water partition coefficient (Wildman–Crippen LogP) is 3.24. The van der Waals surface area contributed by atoms with E-state index < -0.39 is 0 Å². The van der Waals surface area contributed by atoms with Gasteiger partial charge in [-0.25, -0.2) is 0 Å². The van der Waals surface area contributed by atoms with Crippen LogP contribution in [0.3, 0.4) is 0 Å². The summed E-state index contributed by atoms with van der Waals surface area (Å²) >= 11 is 0. The van der Waals surface area contributed by atoms with Gasteiger partial charge in [-0.1, -0.05) is 26.0 Å². The van der Waals surface area contributed by atoms with Crippen LogP contribution in [0.15, 0.2) is 18.2 Å². The van der Waals surface area contributed by atoms with Crippen molar-refractivity contribution in [2.24, 2.45) is 5.92 Å².